The van der Waals surface area contributed by atoms with E-state index < -0.39 is 39.1 Å². The lowest BCUT2D eigenvalue weighted by Crippen LogP contribution is -2.34. The Kier molecular flexibility index (Phi) is 7.58. The molecular formula is C19H21Cl2F3N4O5S. The third-order valence-electron chi connectivity index (χ3n) is 5.33. The number of carbonyl (C=O) groups excluding carboxylic acids is 1. The Bertz CT molecular complexity index is 1200. The van der Waals surface area contributed by atoms with Gasteiger partial charge in [-0.3, -0.25) is 0 Å². The van der Waals surface area contributed by atoms with Gasteiger partial charge in [0.15, 0.2) is 11.5 Å². The van der Waals surface area contributed by atoms with Crippen LogP contribution in [0.2, 0.25) is 10.0 Å². The van der Waals surface area contributed by atoms with Crippen LogP contribution in [0.25, 0.3) is 0 Å². The van der Waals surface area contributed by atoms with Crippen LogP contribution in [0, 0.1) is 0 Å². The van der Waals surface area contributed by atoms with Gasteiger partial charge in [-0.2, -0.15) is 21.6 Å². The summed E-state index contributed by atoms with van der Waals surface area (Å²) in [5, 5.41) is 7.78. The van der Waals surface area contributed by atoms with Gasteiger partial charge in [-0.05, 0) is 13.8 Å². The second-order valence-electron chi connectivity index (χ2n) is 7.33. The molecule has 1 aromatic heterocycles. The summed E-state index contributed by atoms with van der Waals surface area (Å²) in [7, 11) is -6.10. The fraction of sp³-hybridized carbons (Fsp3) is 0.526. The molecule has 1 aliphatic heterocycles. The SMILES string of the molecule is CCc1nnc2n1CC(c1c(Cl)c(Cl)cc(OS(=O)(=O)C(F)(F)F)c1OC(=O)N(CC)CC)C2. The molecule has 1 unspecified atom stereocenters. The molecule has 2 aromatic rings. The molecule has 0 radical (unpaired) electrons. The molecule has 0 fully saturated rings. The van der Waals surface area contributed by atoms with Gasteiger partial charge in [0.25, 0.3) is 0 Å². The first-order chi connectivity index (χ1) is 15.8. The van der Waals surface area contributed by atoms with Crippen molar-refractivity contribution in [2.24, 2.45) is 0 Å². The summed E-state index contributed by atoms with van der Waals surface area (Å²) in [6, 6.07) is 0.772. The summed E-state index contributed by atoms with van der Waals surface area (Å²) in [6.07, 6.45) is -0.107. The van der Waals surface area contributed by atoms with Crippen LogP contribution in [0.3, 0.4) is 0 Å². The lowest BCUT2D eigenvalue weighted by atomic mass is 9.96. The van der Waals surface area contributed by atoms with Crippen LogP contribution in [0.15, 0.2) is 6.07 Å². The summed E-state index contributed by atoms with van der Waals surface area (Å²) in [5.41, 5.74) is -5.69. The Morgan fingerprint density at radius 1 is 1.24 bits per heavy atom. The van der Waals surface area contributed by atoms with Gasteiger partial charge in [0.2, 0.25) is 0 Å². The molecule has 0 aliphatic carbocycles. The number of rotatable bonds is 7. The highest BCUT2D eigenvalue weighted by Gasteiger charge is 2.49. The largest absolute Gasteiger partial charge is 0.534 e. The van der Waals surface area contributed by atoms with Crippen LogP contribution < -0.4 is 8.92 Å². The van der Waals surface area contributed by atoms with Crippen molar-refractivity contribution in [3.63, 3.8) is 0 Å². The first kappa shape index (κ1) is 26.4. The Labute approximate surface area is 203 Å². The number of halogens is 5. The monoisotopic (exact) mass is 544 g/mol. The molecule has 34 heavy (non-hydrogen) atoms. The van der Waals surface area contributed by atoms with Crippen molar-refractivity contribution in [1.82, 2.24) is 19.7 Å². The molecule has 2 heterocycles. The standard InChI is InChI=1S/C19H21Cl2F3N4O5S/c1-4-13-25-26-14-7-10(9-28(13)14)15-16(21)11(20)8-12(33-34(30,31)19(22,23)24)17(15)32-18(29)27(5-2)6-3/h8,10H,4-7,9H2,1-3H3. The molecule has 1 aromatic carbocycles. The molecule has 1 aliphatic rings. The van der Waals surface area contributed by atoms with Crippen molar-refractivity contribution in [2.45, 2.75) is 51.6 Å². The van der Waals surface area contributed by atoms with Crippen molar-refractivity contribution in [2.75, 3.05) is 13.1 Å². The summed E-state index contributed by atoms with van der Waals surface area (Å²) >= 11 is 12.6. The number of alkyl halides is 3. The summed E-state index contributed by atoms with van der Waals surface area (Å²) in [6.45, 7) is 5.93. The fourth-order valence-corrected chi connectivity index (χ4v) is 4.58. The molecule has 188 valence electrons. The third kappa shape index (κ3) is 4.91. The number of ether oxygens (including phenoxy) is 1. The van der Waals surface area contributed by atoms with E-state index in [1.165, 1.54) is 4.90 Å². The van der Waals surface area contributed by atoms with Crippen molar-refractivity contribution >= 4 is 39.4 Å². The van der Waals surface area contributed by atoms with Crippen LogP contribution in [0.1, 0.15) is 43.9 Å². The van der Waals surface area contributed by atoms with Gasteiger partial charge in [-0.1, -0.05) is 30.1 Å². The zero-order valence-electron chi connectivity index (χ0n) is 18.3. The van der Waals surface area contributed by atoms with E-state index >= 15 is 0 Å². The number of aryl methyl sites for hydroxylation is 1. The molecule has 15 heteroatoms. The quantitative estimate of drug-likeness (QED) is 0.371. The molecule has 3 rings (SSSR count). The highest BCUT2D eigenvalue weighted by atomic mass is 35.5. The highest BCUT2D eigenvalue weighted by molar-refractivity contribution is 7.88. The van der Waals surface area contributed by atoms with E-state index in [2.05, 4.69) is 14.4 Å². The first-order valence-electron chi connectivity index (χ1n) is 10.2. The van der Waals surface area contributed by atoms with Crippen LogP contribution in [-0.4, -0.2) is 52.8 Å². The Morgan fingerprint density at radius 3 is 2.44 bits per heavy atom. The topological polar surface area (TPSA) is 104 Å². The molecule has 0 saturated heterocycles. The smallest absolute Gasteiger partial charge is 0.406 e. The molecule has 0 N–H and O–H groups in total. The number of hydrogen-bond acceptors (Lipinski definition) is 7. The predicted molar refractivity (Wildman–Crippen MR) is 117 cm³/mol. The van der Waals surface area contributed by atoms with Crippen molar-refractivity contribution in [3.05, 3.63) is 33.3 Å². The Hall–Kier alpha value is -2.25. The summed E-state index contributed by atoms with van der Waals surface area (Å²) in [4.78, 5) is 13.9. The van der Waals surface area contributed by atoms with Gasteiger partial charge in [-0.25, -0.2) is 4.79 Å². The number of nitrogens with zero attached hydrogens (tertiary/aromatic N) is 4. The van der Waals surface area contributed by atoms with E-state index in [0.717, 1.165) is 6.07 Å². The molecular weight excluding hydrogens is 524 g/mol. The number of fused-ring (bicyclic) bond motifs is 1. The van der Waals surface area contributed by atoms with Gasteiger partial charge < -0.3 is 18.4 Å². The van der Waals surface area contributed by atoms with E-state index in [1.54, 1.807) is 13.8 Å². The van der Waals surface area contributed by atoms with Crippen molar-refractivity contribution in [1.29, 1.82) is 0 Å². The van der Waals surface area contributed by atoms with E-state index in [0.29, 0.717) is 18.1 Å². The maximum Gasteiger partial charge on any atom is 0.534 e. The van der Waals surface area contributed by atoms with Gasteiger partial charge >= 0.3 is 21.7 Å². The molecule has 0 saturated carbocycles. The highest BCUT2D eigenvalue weighted by Crippen LogP contribution is 2.48. The van der Waals surface area contributed by atoms with Crippen molar-refractivity contribution < 1.29 is 35.3 Å². The second kappa shape index (κ2) is 9.78. The fourth-order valence-electron chi connectivity index (χ4n) is 3.63. The van der Waals surface area contributed by atoms with E-state index in [-0.39, 0.29) is 41.7 Å². The van der Waals surface area contributed by atoms with Crippen LogP contribution >= 0.6 is 23.2 Å². The normalized spacial score (nSPS) is 15.8. The molecule has 0 bridgehead atoms. The minimum atomic E-state index is -6.10. The van der Waals surface area contributed by atoms with Gasteiger partial charge in [0, 0.05) is 50.0 Å². The van der Waals surface area contributed by atoms with E-state index in [9.17, 15) is 26.4 Å². The predicted octanol–water partition coefficient (Wildman–Crippen LogP) is 4.56. The average molecular weight is 545 g/mol. The zero-order chi connectivity index (χ0) is 25.4. The maximum atomic E-state index is 13.0. The van der Waals surface area contributed by atoms with E-state index in [4.69, 9.17) is 27.9 Å². The molecule has 9 nitrogen and oxygen atoms in total. The van der Waals surface area contributed by atoms with Gasteiger partial charge in [-0.15, -0.1) is 10.2 Å². The molecule has 1 atom stereocenters. The average Bonchev–Trinajstić information content (AvgIpc) is 3.32. The number of hydrogen-bond donors (Lipinski definition) is 0. The van der Waals surface area contributed by atoms with Crippen molar-refractivity contribution in [3.8, 4) is 11.5 Å². The lowest BCUT2D eigenvalue weighted by Gasteiger charge is -2.24. The maximum absolute atomic E-state index is 13.0. The molecule has 0 spiro atoms. The number of aromatic nitrogens is 3. The number of benzene rings is 1. The van der Waals surface area contributed by atoms with E-state index in [1.807, 2.05) is 11.5 Å². The zero-order valence-corrected chi connectivity index (χ0v) is 20.6. The van der Waals surface area contributed by atoms with Gasteiger partial charge in [0.1, 0.15) is 11.6 Å². The van der Waals surface area contributed by atoms with Crippen LogP contribution in [-0.2, 0) is 29.5 Å². The number of amides is 1. The third-order valence-corrected chi connectivity index (χ3v) is 7.09. The summed E-state index contributed by atoms with van der Waals surface area (Å²) < 4.78 is 74.2. The minimum Gasteiger partial charge on any atom is -0.406 e. The minimum absolute atomic E-state index is 0.0367. The van der Waals surface area contributed by atoms with Gasteiger partial charge in [0.05, 0.1) is 10.0 Å². The molecule has 1 amide bonds. The Morgan fingerprint density at radius 2 is 1.88 bits per heavy atom. The van der Waals surface area contributed by atoms with Crippen LogP contribution in [0.5, 0.6) is 11.5 Å². The lowest BCUT2D eigenvalue weighted by molar-refractivity contribution is -0.0500. The first-order valence-corrected chi connectivity index (χ1v) is 12.4. The number of carbonyl (C=O) groups is 1. The van der Waals surface area contributed by atoms with Crippen LogP contribution in [0.4, 0.5) is 18.0 Å². The Balaban J connectivity index is 2.16. The second-order valence-corrected chi connectivity index (χ2v) is 9.66. The summed E-state index contributed by atoms with van der Waals surface area (Å²) in [5.74, 6) is -0.753.